The number of sulfone groups is 2. The average molecular weight is 508 g/mol. The third-order valence-corrected chi connectivity index (χ3v) is 13.0. The fraction of sp³-hybridized carbons (Fsp3) is 0.957. The molecule has 2 heterocycles. The zero-order valence-corrected chi connectivity index (χ0v) is 22.6. The number of carbonyl (C=O) groups excluding carboxylic acids is 1. The van der Waals surface area contributed by atoms with Crippen LogP contribution in [0.4, 0.5) is 4.79 Å². The van der Waals surface area contributed by atoms with Crippen molar-refractivity contribution in [3.05, 3.63) is 0 Å². The fourth-order valence-electron chi connectivity index (χ4n) is 6.05. The molecule has 0 N–H and O–H groups in total. The fourth-order valence-corrected chi connectivity index (χ4v) is 11.2. The first kappa shape index (κ1) is 26.7. The Morgan fingerprint density at radius 1 is 0.939 bits per heavy atom. The van der Waals surface area contributed by atoms with E-state index in [1.807, 2.05) is 41.5 Å². The third-order valence-electron chi connectivity index (χ3n) is 7.43. The summed E-state index contributed by atoms with van der Waals surface area (Å²) in [7, 11) is -7.43. The summed E-state index contributed by atoms with van der Waals surface area (Å²) >= 11 is 0. The zero-order chi connectivity index (χ0) is 24.9. The van der Waals surface area contributed by atoms with Crippen molar-refractivity contribution in [3.63, 3.8) is 0 Å². The van der Waals surface area contributed by atoms with Gasteiger partial charge in [0.05, 0.1) is 23.1 Å². The van der Waals surface area contributed by atoms with Crippen LogP contribution in [0.2, 0.25) is 0 Å². The molecular weight excluding hydrogens is 466 g/mol. The summed E-state index contributed by atoms with van der Waals surface area (Å²) in [4.78, 5) is 15.1. The van der Waals surface area contributed by atoms with Crippen LogP contribution >= 0.6 is 0 Å². The van der Waals surface area contributed by atoms with Gasteiger partial charge >= 0.3 is 6.09 Å². The molecule has 2 saturated heterocycles. The van der Waals surface area contributed by atoms with Crippen LogP contribution in [-0.2, 0) is 29.1 Å². The smallest absolute Gasteiger partial charge is 0.413 e. The van der Waals surface area contributed by atoms with Crippen LogP contribution in [0.5, 0.6) is 0 Å². The number of ether oxygens (including phenoxy) is 2. The van der Waals surface area contributed by atoms with Crippen molar-refractivity contribution >= 4 is 25.8 Å². The highest BCUT2D eigenvalue weighted by molar-refractivity contribution is 8.09. The second-order valence-electron chi connectivity index (χ2n) is 11.5. The van der Waals surface area contributed by atoms with E-state index >= 15 is 0 Å². The molecule has 0 unspecified atom stereocenters. The van der Waals surface area contributed by atoms with E-state index in [9.17, 15) is 21.6 Å². The van der Waals surface area contributed by atoms with Gasteiger partial charge in [-0.2, -0.15) is 0 Å². The molecule has 1 amide bonds. The van der Waals surface area contributed by atoms with Crippen LogP contribution in [0, 0.1) is 5.92 Å². The van der Waals surface area contributed by atoms with Gasteiger partial charge < -0.3 is 9.47 Å². The molecule has 3 aliphatic rings. The van der Waals surface area contributed by atoms with Gasteiger partial charge in [0.1, 0.15) is 11.3 Å². The molecule has 0 aromatic heterocycles. The second-order valence-corrected chi connectivity index (χ2v) is 16.4. The summed E-state index contributed by atoms with van der Waals surface area (Å²) in [6.07, 6.45) is 4.57. The molecule has 10 heteroatoms. The van der Waals surface area contributed by atoms with Crippen molar-refractivity contribution in [1.29, 1.82) is 0 Å². The molecule has 33 heavy (non-hydrogen) atoms. The summed E-state index contributed by atoms with van der Waals surface area (Å²) in [6.45, 7) is 11.1. The topological polar surface area (TPSA) is 107 Å². The van der Waals surface area contributed by atoms with Crippen LogP contribution in [0.25, 0.3) is 0 Å². The molecule has 1 saturated carbocycles. The number of amides is 1. The van der Waals surface area contributed by atoms with E-state index < -0.39 is 53.3 Å². The van der Waals surface area contributed by atoms with Crippen molar-refractivity contribution in [2.75, 3.05) is 11.5 Å². The lowest BCUT2D eigenvalue weighted by Gasteiger charge is -2.47. The maximum atomic E-state index is 13.4. The maximum Gasteiger partial charge on any atom is 0.413 e. The van der Waals surface area contributed by atoms with Gasteiger partial charge in [-0.05, 0) is 79.6 Å². The summed E-state index contributed by atoms with van der Waals surface area (Å²) < 4.78 is 61.3. The third kappa shape index (κ3) is 5.37. The van der Waals surface area contributed by atoms with Crippen molar-refractivity contribution < 1.29 is 31.1 Å². The van der Waals surface area contributed by atoms with Crippen molar-refractivity contribution in [3.8, 4) is 0 Å². The van der Waals surface area contributed by atoms with E-state index in [1.54, 1.807) is 4.90 Å². The number of nitrogens with zero attached hydrogens (tertiary/aromatic N) is 1. The predicted molar refractivity (Wildman–Crippen MR) is 127 cm³/mol. The first-order valence-corrected chi connectivity index (χ1v) is 15.6. The zero-order valence-electron chi connectivity index (χ0n) is 20.9. The van der Waals surface area contributed by atoms with Gasteiger partial charge in [0.2, 0.25) is 0 Å². The molecule has 8 nitrogen and oxygen atoms in total. The van der Waals surface area contributed by atoms with Crippen LogP contribution in [0.15, 0.2) is 0 Å². The van der Waals surface area contributed by atoms with E-state index in [0.717, 1.165) is 32.1 Å². The van der Waals surface area contributed by atoms with Gasteiger partial charge in [0, 0.05) is 0 Å². The molecule has 2 atom stereocenters. The molecule has 0 radical (unpaired) electrons. The van der Waals surface area contributed by atoms with Crippen LogP contribution < -0.4 is 0 Å². The van der Waals surface area contributed by atoms with Crippen molar-refractivity contribution in [2.45, 2.75) is 120 Å². The maximum absolute atomic E-state index is 13.4. The number of carbonyl (C=O) groups is 1. The largest absolute Gasteiger partial charge is 0.444 e. The predicted octanol–water partition coefficient (Wildman–Crippen LogP) is 4.04. The lowest BCUT2D eigenvalue weighted by molar-refractivity contribution is -0.0826. The van der Waals surface area contributed by atoms with Gasteiger partial charge in [-0.1, -0.05) is 19.3 Å². The molecule has 1 aliphatic carbocycles. The Morgan fingerprint density at radius 2 is 1.48 bits per heavy atom. The Bertz CT molecular complexity index is 912. The number of hydrogen-bond donors (Lipinski definition) is 0. The molecule has 0 aromatic carbocycles. The standard InChI is InChI=1S/C23H41NO7S2/c1-21(2,3)31-20(25)24-22(4,5)30-18(23(24,6)17-11-8-7-9-12-17)13-14-19-32(26,27)15-10-16-33(19,28)29/h17-19H,7-16H2,1-6H3/t18-,23-/m0/s1. The molecule has 192 valence electrons. The SMILES string of the molecule is CC(C)(C)OC(=O)N1C(C)(C)O[C@@H](CCC2S(=O)(=O)CCCS2(=O)=O)[C@]1(C)C1CCCCC1. The second kappa shape index (κ2) is 8.97. The van der Waals surface area contributed by atoms with Gasteiger partial charge in [-0.15, -0.1) is 0 Å². The quantitative estimate of drug-likeness (QED) is 0.565. The number of rotatable bonds is 4. The van der Waals surface area contributed by atoms with Crippen molar-refractivity contribution in [2.24, 2.45) is 5.92 Å². The van der Waals surface area contributed by atoms with Crippen LogP contribution in [0.1, 0.15) is 92.9 Å². The molecule has 0 bridgehead atoms. The summed E-state index contributed by atoms with van der Waals surface area (Å²) in [5.74, 6) is -0.0412. The summed E-state index contributed by atoms with van der Waals surface area (Å²) in [5, 5.41) is 0. The molecule has 3 fully saturated rings. The Morgan fingerprint density at radius 3 is 2.00 bits per heavy atom. The lowest BCUT2D eigenvalue weighted by Crippen LogP contribution is -2.60. The minimum Gasteiger partial charge on any atom is -0.444 e. The van der Waals surface area contributed by atoms with E-state index in [2.05, 4.69) is 0 Å². The first-order chi connectivity index (χ1) is 15.0. The lowest BCUT2D eigenvalue weighted by atomic mass is 9.71. The average Bonchev–Trinajstić information content (AvgIpc) is 2.85. The molecular formula is C23H41NO7S2. The van der Waals surface area contributed by atoms with Gasteiger partial charge in [0.25, 0.3) is 0 Å². The number of hydrogen-bond acceptors (Lipinski definition) is 7. The minimum atomic E-state index is -3.72. The molecule has 3 rings (SSSR count). The minimum absolute atomic E-state index is 0.0180. The molecule has 2 aliphatic heterocycles. The van der Waals surface area contributed by atoms with Crippen molar-refractivity contribution in [1.82, 2.24) is 4.90 Å². The monoisotopic (exact) mass is 507 g/mol. The Balaban J connectivity index is 1.95. The highest BCUT2D eigenvalue weighted by Gasteiger charge is 2.61. The van der Waals surface area contributed by atoms with E-state index in [0.29, 0.717) is 0 Å². The van der Waals surface area contributed by atoms with Gasteiger partial charge in [-0.3, -0.25) is 4.90 Å². The van der Waals surface area contributed by atoms with Crippen LogP contribution in [0.3, 0.4) is 0 Å². The molecule has 0 aromatic rings. The highest BCUT2D eigenvalue weighted by Crippen LogP contribution is 2.50. The Kier molecular flexibility index (Phi) is 7.27. The summed E-state index contributed by atoms with van der Waals surface area (Å²) in [5.41, 5.74) is -2.37. The van der Waals surface area contributed by atoms with E-state index in [1.165, 1.54) is 0 Å². The van der Waals surface area contributed by atoms with Gasteiger partial charge in [0.15, 0.2) is 24.3 Å². The summed E-state index contributed by atoms with van der Waals surface area (Å²) in [6, 6.07) is 0. The van der Waals surface area contributed by atoms with Gasteiger partial charge in [-0.25, -0.2) is 21.6 Å². The molecule has 0 spiro atoms. The highest BCUT2D eigenvalue weighted by atomic mass is 32.3. The Hall–Kier alpha value is -0.870. The van der Waals surface area contributed by atoms with Crippen LogP contribution in [-0.4, -0.2) is 66.9 Å². The Labute approximate surface area is 199 Å². The van der Waals surface area contributed by atoms with E-state index in [4.69, 9.17) is 9.47 Å². The van der Waals surface area contributed by atoms with E-state index in [-0.39, 0.29) is 36.7 Å². The first-order valence-electron chi connectivity index (χ1n) is 12.1. The normalized spacial score (nSPS) is 32.5.